The van der Waals surface area contributed by atoms with Crippen molar-refractivity contribution in [2.75, 3.05) is 5.32 Å². The fourth-order valence-corrected chi connectivity index (χ4v) is 2.42. The number of carbonyl (C=O) groups excluding carboxylic acids is 2. The largest absolute Gasteiger partial charge is 0.456 e. The normalized spacial score (nSPS) is 11.6. The number of ketones is 1. The van der Waals surface area contributed by atoms with Gasteiger partial charge in [0, 0.05) is 17.3 Å². The van der Waals surface area contributed by atoms with Gasteiger partial charge in [-0.1, -0.05) is 0 Å². The van der Waals surface area contributed by atoms with Gasteiger partial charge >= 0.3 is 0 Å². The summed E-state index contributed by atoms with van der Waals surface area (Å²) in [6.07, 6.45) is 1.65. The number of hydrogen-bond acceptors (Lipinski definition) is 7. The molecule has 1 aromatic carbocycles. The maximum Gasteiger partial charge on any atom is 0.267 e. The number of rotatable bonds is 7. The van der Waals surface area contributed by atoms with Gasteiger partial charge in [-0.3, -0.25) is 14.6 Å². The van der Waals surface area contributed by atoms with E-state index in [1.54, 1.807) is 37.4 Å². The number of ether oxygens (including phenoxy) is 1. The van der Waals surface area contributed by atoms with Crippen molar-refractivity contribution in [3.05, 3.63) is 60.0 Å². The van der Waals surface area contributed by atoms with Crippen molar-refractivity contribution in [1.82, 2.24) is 15.0 Å². The van der Waals surface area contributed by atoms with Crippen molar-refractivity contribution in [1.29, 1.82) is 0 Å². The first-order chi connectivity index (χ1) is 13.8. The minimum Gasteiger partial charge on any atom is -0.456 e. The molecular formula is C21H21N5O3. The average Bonchev–Trinajstić information content (AvgIpc) is 2.70. The molecule has 3 N–H and O–H groups in total. The molecule has 2 aromatic heterocycles. The van der Waals surface area contributed by atoms with Crippen LogP contribution in [0.15, 0.2) is 48.7 Å². The molecule has 148 valence electrons. The van der Waals surface area contributed by atoms with Crippen molar-refractivity contribution in [2.45, 2.75) is 26.8 Å². The molecule has 1 amide bonds. The second-order valence-corrected chi connectivity index (χ2v) is 6.56. The predicted molar refractivity (Wildman–Crippen MR) is 109 cm³/mol. The van der Waals surface area contributed by atoms with Crippen LogP contribution in [0.1, 0.15) is 30.0 Å². The summed E-state index contributed by atoms with van der Waals surface area (Å²) in [5.41, 5.74) is 7.02. The number of aryl methyl sites for hydroxylation is 1. The number of Topliss-reactive ketones (excluding diaryl/α,β-unsaturated/α-hetero) is 1. The molecule has 0 unspecified atom stereocenters. The molecule has 8 nitrogen and oxygen atoms in total. The van der Waals surface area contributed by atoms with Gasteiger partial charge in [0.25, 0.3) is 5.91 Å². The molecule has 0 radical (unpaired) electrons. The SMILES string of the molecule is CC(=O)[C@H](C)Nc1cc(C(N)=O)nc(-c2ccc(Oc3ccc(C)nc3)cc2)n1. The van der Waals surface area contributed by atoms with E-state index in [9.17, 15) is 9.59 Å². The number of nitrogens with zero attached hydrogens (tertiary/aromatic N) is 3. The van der Waals surface area contributed by atoms with Crippen LogP contribution in [0.2, 0.25) is 0 Å². The van der Waals surface area contributed by atoms with E-state index in [0.29, 0.717) is 28.7 Å². The quantitative estimate of drug-likeness (QED) is 0.635. The summed E-state index contributed by atoms with van der Waals surface area (Å²) in [6, 6.07) is 11.7. The lowest BCUT2D eigenvalue weighted by Crippen LogP contribution is -2.25. The van der Waals surface area contributed by atoms with E-state index in [4.69, 9.17) is 10.5 Å². The van der Waals surface area contributed by atoms with Crippen LogP contribution in [0.3, 0.4) is 0 Å². The first-order valence-electron chi connectivity index (χ1n) is 8.98. The number of benzene rings is 1. The van der Waals surface area contributed by atoms with Crippen LogP contribution in [0.5, 0.6) is 11.5 Å². The third kappa shape index (κ3) is 5.13. The van der Waals surface area contributed by atoms with Crippen LogP contribution in [0.4, 0.5) is 5.82 Å². The van der Waals surface area contributed by atoms with Crippen LogP contribution in [0.25, 0.3) is 11.4 Å². The number of nitrogens with one attached hydrogen (secondary N) is 1. The monoisotopic (exact) mass is 391 g/mol. The Morgan fingerprint density at radius 3 is 2.34 bits per heavy atom. The van der Waals surface area contributed by atoms with Gasteiger partial charge in [0.2, 0.25) is 0 Å². The number of carbonyl (C=O) groups is 2. The average molecular weight is 391 g/mol. The van der Waals surface area contributed by atoms with Gasteiger partial charge in [-0.05, 0) is 57.2 Å². The lowest BCUT2D eigenvalue weighted by Gasteiger charge is -2.13. The van der Waals surface area contributed by atoms with Crippen molar-refractivity contribution >= 4 is 17.5 Å². The standard InChI is InChI=1S/C21H21N5O3/c1-12-4-7-17(11-23-12)29-16-8-5-15(6-9-16)21-25-18(20(22)28)10-19(26-21)24-13(2)14(3)27/h4-11,13H,1-3H3,(H2,22,28)(H,24,25,26)/t13-/m0/s1. The topological polar surface area (TPSA) is 120 Å². The van der Waals surface area contributed by atoms with Crippen molar-refractivity contribution in [3.8, 4) is 22.9 Å². The van der Waals surface area contributed by atoms with Crippen LogP contribution in [-0.2, 0) is 4.79 Å². The molecule has 29 heavy (non-hydrogen) atoms. The third-order valence-electron chi connectivity index (χ3n) is 4.19. The Morgan fingerprint density at radius 1 is 1.07 bits per heavy atom. The maximum absolute atomic E-state index is 11.6. The lowest BCUT2D eigenvalue weighted by molar-refractivity contribution is -0.117. The zero-order valence-corrected chi connectivity index (χ0v) is 16.3. The number of amides is 1. The molecule has 2 heterocycles. The van der Waals surface area contributed by atoms with E-state index < -0.39 is 11.9 Å². The van der Waals surface area contributed by atoms with Gasteiger partial charge in [0.05, 0.1) is 12.2 Å². The van der Waals surface area contributed by atoms with Crippen molar-refractivity contribution in [2.24, 2.45) is 5.73 Å². The van der Waals surface area contributed by atoms with Gasteiger partial charge in [-0.15, -0.1) is 0 Å². The summed E-state index contributed by atoms with van der Waals surface area (Å²) in [4.78, 5) is 36.0. The summed E-state index contributed by atoms with van der Waals surface area (Å²) in [6.45, 7) is 5.08. The van der Waals surface area contributed by atoms with E-state index in [2.05, 4.69) is 20.3 Å². The highest BCUT2D eigenvalue weighted by molar-refractivity contribution is 5.92. The highest BCUT2D eigenvalue weighted by atomic mass is 16.5. The van der Waals surface area contributed by atoms with Crippen LogP contribution in [0, 0.1) is 6.92 Å². The van der Waals surface area contributed by atoms with Gasteiger partial charge < -0.3 is 15.8 Å². The van der Waals surface area contributed by atoms with Gasteiger partial charge in [-0.2, -0.15) is 0 Å². The fourth-order valence-electron chi connectivity index (χ4n) is 2.42. The smallest absolute Gasteiger partial charge is 0.267 e. The molecule has 0 aliphatic carbocycles. The Hall–Kier alpha value is -3.81. The van der Waals surface area contributed by atoms with E-state index >= 15 is 0 Å². The van der Waals surface area contributed by atoms with E-state index in [1.807, 2.05) is 19.1 Å². The summed E-state index contributed by atoms with van der Waals surface area (Å²) in [7, 11) is 0. The third-order valence-corrected chi connectivity index (χ3v) is 4.19. The minimum atomic E-state index is -0.681. The van der Waals surface area contributed by atoms with Crippen LogP contribution >= 0.6 is 0 Å². The zero-order valence-electron chi connectivity index (χ0n) is 16.3. The number of pyridine rings is 1. The Bertz CT molecular complexity index is 1030. The number of hydrogen-bond donors (Lipinski definition) is 2. The number of nitrogens with two attached hydrogens (primary N) is 1. The number of primary amides is 1. The predicted octanol–water partition coefficient (Wildman–Crippen LogP) is 3.13. The molecule has 0 saturated heterocycles. The molecule has 3 aromatic rings. The molecule has 0 aliphatic rings. The molecule has 3 rings (SSSR count). The molecule has 0 fully saturated rings. The number of anilines is 1. The second-order valence-electron chi connectivity index (χ2n) is 6.56. The Kier molecular flexibility index (Phi) is 5.82. The molecule has 1 atom stereocenters. The van der Waals surface area contributed by atoms with Crippen LogP contribution in [-0.4, -0.2) is 32.7 Å². The fraction of sp³-hybridized carbons (Fsp3) is 0.190. The Morgan fingerprint density at radius 2 is 1.76 bits per heavy atom. The van der Waals surface area contributed by atoms with E-state index in [1.165, 1.54) is 13.0 Å². The molecule has 0 saturated carbocycles. The summed E-state index contributed by atoms with van der Waals surface area (Å²) in [5.74, 6) is 1.16. The summed E-state index contributed by atoms with van der Waals surface area (Å²) in [5, 5.41) is 2.96. The first kappa shape index (κ1) is 19.9. The highest BCUT2D eigenvalue weighted by Crippen LogP contribution is 2.25. The molecule has 0 spiro atoms. The molecule has 8 heteroatoms. The minimum absolute atomic E-state index is 0.0549. The number of aromatic nitrogens is 3. The zero-order chi connectivity index (χ0) is 21.0. The van der Waals surface area contributed by atoms with Crippen LogP contribution < -0.4 is 15.8 Å². The van der Waals surface area contributed by atoms with E-state index in [0.717, 1.165) is 5.69 Å². The van der Waals surface area contributed by atoms with Gasteiger partial charge in [-0.25, -0.2) is 9.97 Å². The Balaban J connectivity index is 1.86. The summed E-state index contributed by atoms with van der Waals surface area (Å²) >= 11 is 0. The maximum atomic E-state index is 11.6. The Labute approximate surface area is 168 Å². The van der Waals surface area contributed by atoms with Crippen molar-refractivity contribution in [3.63, 3.8) is 0 Å². The molecular weight excluding hydrogens is 370 g/mol. The lowest BCUT2D eigenvalue weighted by atomic mass is 10.2. The first-order valence-corrected chi connectivity index (χ1v) is 8.98. The van der Waals surface area contributed by atoms with Gasteiger partial charge in [0.1, 0.15) is 23.0 Å². The molecule has 0 aliphatic heterocycles. The van der Waals surface area contributed by atoms with E-state index in [-0.39, 0.29) is 11.5 Å². The van der Waals surface area contributed by atoms with Crippen molar-refractivity contribution < 1.29 is 14.3 Å². The highest BCUT2D eigenvalue weighted by Gasteiger charge is 2.14. The molecule has 0 bridgehead atoms. The second kappa shape index (κ2) is 8.47. The van der Waals surface area contributed by atoms with Gasteiger partial charge in [0.15, 0.2) is 11.6 Å². The summed E-state index contributed by atoms with van der Waals surface area (Å²) < 4.78 is 5.76.